The van der Waals surface area contributed by atoms with Gasteiger partial charge < -0.3 is 9.94 Å². The summed E-state index contributed by atoms with van der Waals surface area (Å²) in [6.45, 7) is 6.81. The SMILES string of the molecule is Cc1csc(C(=NOCCN2CCCC(C(=O)O)C2)c2ccccc2C)c1.Cl. The Morgan fingerprint density at radius 1 is 1.36 bits per heavy atom. The molecule has 1 atom stereocenters. The van der Waals surface area contributed by atoms with Crippen molar-refractivity contribution in [3.63, 3.8) is 0 Å². The number of hydrogen-bond acceptors (Lipinski definition) is 5. The van der Waals surface area contributed by atoms with E-state index in [4.69, 9.17) is 4.84 Å². The maximum absolute atomic E-state index is 11.2. The zero-order chi connectivity index (χ0) is 19.2. The van der Waals surface area contributed by atoms with E-state index in [1.54, 1.807) is 11.3 Å². The minimum Gasteiger partial charge on any atom is -0.481 e. The van der Waals surface area contributed by atoms with Crippen LogP contribution in [-0.4, -0.2) is 47.9 Å². The molecule has 1 aromatic heterocycles. The number of thiophene rings is 1. The van der Waals surface area contributed by atoms with Gasteiger partial charge in [-0.3, -0.25) is 9.69 Å². The monoisotopic (exact) mass is 422 g/mol. The number of hydrogen-bond donors (Lipinski definition) is 1. The van der Waals surface area contributed by atoms with Gasteiger partial charge in [0.25, 0.3) is 0 Å². The van der Waals surface area contributed by atoms with E-state index in [2.05, 4.69) is 47.5 Å². The standard InChI is InChI=1S/C21H26N2O3S.ClH/c1-15-12-19(27-14-15)20(18-8-4-3-6-16(18)2)22-26-11-10-23-9-5-7-17(13-23)21(24)25;/h3-4,6,8,12,14,17H,5,7,9-11,13H2,1-2H3,(H,24,25);1H. The maximum atomic E-state index is 11.2. The Hall–Kier alpha value is -1.89. The van der Waals surface area contributed by atoms with Gasteiger partial charge in [0.15, 0.2) is 0 Å². The molecule has 152 valence electrons. The lowest BCUT2D eigenvalue weighted by atomic mass is 9.98. The summed E-state index contributed by atoms with van der Waals surface area (Å²) in [4.78, 5) is 20.1. The molecule has 2 aromatic rings. The van der Waals surface area contributed by atoms with Crippen molar-refractivity contribution < 1.29 is 14.7 Å². The number of rotatable bonds is 7. The number of carbonyl (C=O) groups is 1. The number of benzene rings is 1. The number of oxime groups is 1. The number of halogens is 1. The summed E-state index contributed by atoms with van der Waals surface area (Å²) in [6.07, 6.45) is 1.68. The normalized spacial score (nSPS) is 17.8. The largest absolute Gasteiger partial charge is 0.481 e. The van der Waals surface area contributed by atoms with Crippen LogP contribution in [0.15, 0.2) is 40.9 Å². The van der Waals surface area contributed by atoms with Crippen LogP contribution in [0.3, 0.4) is 0 Å². The minimum atomic E-state index is -0.700. The zero-order valence-electron chi connectivity index (χ0n) is 16.3. The molecule has 0 aliphatic carbocycles. The van der Waals surface area contributed by atoms with Crippen LogP contribution < -0.4 is 0 Å². The van der Waals surface area contributed by atoms with Gasteiger partial charge in [-0.25, -0.2) is 0 Å². The number of nitrogens with zero attached hydrogens (tertiary/aromatic N) is 2. The number of piperidine rings is 1. The molecule has 3 rings (SSSR count). The van der Waals surface area contributed by atoms with E-state index in [1.807, 2.05) is 12.1 Å². The summed E-state index contributed by atoms with van der Waals surface area (Å²) < 4.78 is 0. The van der Waals surface area contributed by atoms with Crippen LogP contribution in [0.1, 0.15) is 34.4 Å². The molecule has 0 spiro atoms. The number of likely N-dealkylation sites (tertiary alicyclic amines) is 1. The van der Waals surface area contributed by atoms with Gasteiger partial charge in [-0.15, -0.1) is 23.7 Å². The van der Waals surface area contributed by atoms with E-state index in [0.717, 1.165) is 41.1 Å². The molecule has 1 aliphatic rings. The highest BCUT2D eigenvalue weighted by Gasteiger charge is 2.25. The highest BCUT2D eigenvalue weighted by molar-refractivity contribution is 7.12. The molecule has 0 radical (unpaired) electrons. The Morgan fingerprint density at radius 3 is 2.82 bits per heavy atom. The van der Waals surface area contributed by atoms with Gasteiger partial charge in [0, 0.05) is 18.7 Å². The van der Waals surface area contributed by atoms with Crippen LogP contribution in [0.5, 0.6) is 0 Å². The Bertz CT molecular complexity index is 821. The third-order valence-electron chi connectivity index (χ3n) is 4.87. The fourth-order valence-corrected chi connectivity index (χ4v) is 4.25. The number of carboxylic acids is 1. The van der Waals surface area contributed by atoms with Gasteiger partial charge >= 0.3 is 5.97 Å². The third-order valence-corrected chi connectivity index (χ3v) is 5.93. The molecule has 1 unspecified atom stereocenters. The van der Waals surface area contributed by atoms with Crippen LogP contribution >= 0.6 is 23.7 Å². The number of aliphatic carboxylic acids is 1. The predicted octanol–water partition coefficient (Wildman–Crippen LogP) is 4.35. The van der Waals surface area contributed by atoms with Gasteiger partial charge in [-0.2, -0.15) is 0 Å². The quantitative estimate of drug-likeness (QED) is 0.409. The van der Waals surface area contributed by atoms with Crippen molar-refractivity contribution in [3.05, 3.63) is 57.3 Å². The Labute approximate surface area is 176 Å². The fourth-order valence-electron chi connectivity index (χ4n) is 3.36. The second kappa shape index (κ2) is 10.6. The van der Waals surface area contributed by atoms with E-state index in [-0.39, 0.29) is 18.3 Å². The van der Waals surface area contributed by atoms with Crippen molar-refractivity contribution in [1.29, 1.82) is 0 Å². The molecule has 1 fully saturated rings. The zero-order valence-corrected chi connectivity index (χ0v) is 17.9. The van der Waals surface area contributed by atoms with Crippen molar-refractivity contribution in [2.45, 2.75) is 26.7 Å². The average molecular weight is 423 g/mol. The van der Waals surface area contributed by atoms with Gasteiger partial charge in [-0.1, -0.05) is 29.4 Å². The van der Waals surface area contributed by atoms with E-state index in [1.165, 1.54) is 5.56 Å². The highest BCUT2D eigenvalue weighted by Crippen LogP contribution is 2.21. The topological polar surface area (TPSA) is 62.1 Å². The smallest absolute Gasteiger partial charge is 0.307 e. The van der Waals surface area contributed by atoms with E-state index >= 15 is 0 Å². The predicted molar refractivity (Wildman–Crippen MR) is 116 cm³/mol. The molecule has 1 aliphatic heterocycles. The average Bonchev–Trinajstić information content (AvgIpc) is 3.09. The number of carboxylic acid groups (broad SMARTS) is 1. The number of aryl methyl sites for hydroxylation is 2. The van der Waals surface area contributed by atoms with Crippen molar-refractivity contribution in [1.82, 2.24) is 4.90 Å². The van der Waals surface area contributed by atoms with E-state index in [9.17, 15) is 9.90 Å². The van der Waals surface area contributed by atoms with Gasteiger partial charge in [0.2, 0.25) is 0 Å². The van der Waals surface area contributed by atoms with Crippen molar-refractivity contribution >= 4 is 35.4 Å². The van der Waals surface area contributed by atoms with Gasteiger partial charge in [-0.05, 0) is 55.8 Å². The summed E-state index contributed by atoms with van der Waals surface area (Å²) in [5.41, 5.74) is 4.30. The molecule has 0 amide bonds. The lowest BCUT2D eigenvalue weighted by Crippen LogP contribution is -2.40. The van der Waals surface area contributed by atoms with Crippen LogP contribution in [0.25, 0.3) is 0 Å². The summed E-state index contributed by atoms with van der Waals surface area (Å²) in [5, 5.41) is 15.8. The van der Waals surface area contributed by atoms with E-state index < -0.39 is 5.97 Å². The molecule has 2 heterocycles. The van der Waals surface area contributed by atoms with Crippen molar-refractivity contribution in [2.24, 2.45) is 11.1 Å². The maximum Gasteiger partial charge on any atom is 0.307 e. The minimum absolute atomic E-state index is 0. The molecule has 28 heavy (non-hydrogen) atoms. The van der Waals surface area contributed by atoms with Crippen LogP contribution in [0.2, 0.25) is 0 Å². The molecule has 1 N–H and O–H groups in total. The van der Waals surface area contributed by atoms with Crippen molar-refractivity contribution in [2.75, 3.05) is 26.2 Å². The van der Waals surface area contributed by atoms with Crippen molar-refractivity contribution in [3.8, 4) is 0 Å². The first kappa shape index (κ1) is 22.4. The first-order valence-electron chi connectivity index (χ1n) is 9.31. The second-order valence-electron chi connectivity index (χ2n) is 7.05. The van der Waals surface area contributed by atoms with Crippen LogP contribution in [-0.2, 0) is 9.63 Å². The fraction of sp³-hybridized carbons (Fsp3) is 0.429. The Morgan fingerprint density at radius 2 is 2.14 bits per heavy atom. The van der Waals surface area contributed by atoms with Gasteiger partial charge in [0.1, 0.15) is 12.3 Å². The van der Waals surface area contributed by atoms with Crippen LogP contribution in [0.4, 0.5) is 0 Å². The summed E-state index contributed by atoms with van der Waals surface area (Å²) >= 11 is 1.66. The first-order chi connectivity index (χ1) is 13.0. The summed E-state index contributed by atoms with van der Waals surface area (Å²) in [5.74, 6) is -0.965. The molecular formula is C21H27ClN2O3S. The summed E-state index contributed by atoms with van der Waals surface area (Å²) in [7, 11) is 0. The molecular weight excluding hydrogens is 396 g/mol. The van der Waals surface area contributed by atoms with E-state index in [0.29, 0.717) is 19.7 Å². The Kier molecular flexibility index (Phi) is 8.48. The molecule has 0 bridgehead atoms. The molecule has 1 saturated heterocycles. The molecule has 5 nitrogen and oxygen atoms in total. The molecule has 1 aromatic carbocycles. The molecule has 0 saturated carbocycles. The third kappa shape index (κ3) is 5.80. The Balaban J connectivity index is 0.00000280. The first-order valence-corrected chi connectivity index (χ1v) is 10.2. The lowest BCUT2D eigenvalue weighted by Gasteiger charge is -2.29. The van der Waals surface area contributed by atoms with Gasteiger partial charge in [0.05, 0.1) is 10.8 Å². The summed E-state index contributed by atoms with van der Waals surface area (Å²) in [6, 6.07) is 10.3. The molecule has 7 heteroatoms. The second-order valence-corrected chi connectivity index (χ2v) is 7.97. The highest BCUT2D eigenvalue weighted by atomic mass is 35.5. The van der Waals surface area contributed by atoms with Crippen LogP contribution in [0, 0.1) is 19.8 Å². The lowest BCUT2D eigenvalue weighted by molar-refractivity contribution is -0.143.